The van der Waals surface area contributed by atoms with E-state index in [2.05, 4.69) is 50.1 Å². The van der Waals surface area contributed by atoms with Crippen LogP contribution in [0.3, 0.4) is 0 Å². The van der Waals surface area contributed by atoms with Gasteiger partial charge < -0.3 is 10.6 Å². The maximum absolute atomic E-state index is 6.11. The van der Waals surface area contributed by atoms with Gasteiger partial charge >= 0.3 is 0 Å². The lowest BCUT2D eigenvalue weighted by Gasteiger charge is -2.23. The molecule has 1 aliphatic rings. The van der Waals surface area contributed by atoms with Crippen molar-refractivity contribution in [1.29, 1.82) is 0 Å². The van der Waals surface area contributed by atoms with Crippen LogP contribution >= 0.6 is 11.8 Å². The highest BCUT2D eigenvalue weighted by Crippen LogP contribution is 2.36. The van der Waals surface area contributed by atoms with E-state index in [4.69, 9.17) is 5.73 Å². The summed E-state index contributed by atoms with van der Waals surface area (Å²) in [5.41, 5.74) is 7.63. The van der Waals surface area contributed by atoms with Crippen molar-refractivity contribution in [3.8, 4) is 0 Å². The largest absolute Gasteiger partial charge is 0.327 e. The maximum atomic E-state index is 6.11. The third-order valence-corrected chi connectivity index (χ3v) is 5.23. The van der Waals surface area contributed by atoms with Crippen LogP contribution in [-0.4, -0.2) is 36.3 Å². The second-order valence-corrected chi connectivity index (χ2v) is 7.35. The lowest BCUT2D eigenvalue weighted by Crippen LogP contribution is -2.34. The van der Waals surface area contributed by atoms with Gasteiger partial charge in [-0.2, -0.15) is 0 Å². The number of thioether (sulfide) groups is 1. The number of nitrogens with two attached hydrogens (primary N) is 1. The topological polar surface area (TPSA) is 29.3 Å². The molecule has 2 nitrogen and oxygen atoms in total. The van der Waals surface area contributed by atoms with Gasteiger partial charge in [-0.1, -0.05) is 32.0 Å². The fourth-order valence-corrected chi connectivity index (χ4v) is 3.91. The summed E-state index contributed by atoms with van der Waals surface area (Å²) in [6, 6.07) is 9.12. The first-order valence-corrected chi connectivity index (χ1v) is 8.13. The molecule has 3 heteroatoms. The predicted molar refractivity (Wildman–Crippen MR) is 84.7 cm³/mol. The normalized spacial score (nSPS) is 20.0. The van der Waals surface area contributed by atoms with Crippen molar-refractivity contribution in [3.63, 3.8) is 0 Å². The molecule has 0 aromatic heterocycles. The molecule has 0 bridgehead atoms. The van der Waals surface area contributed by atoms with E-state index in [1.54, 1.807) is 0 Å². The zero-order chi connectivity index (χ0) is 13.8. The number of nitrogens with zero attached hydrogens (tertiary/aromatic N) is 1. The number of fused-ring (bicyclic) bond motifs is 1. The number of hydrogen-bond acceptors (Lipinski definition) is 3. The summed E-state index contributed by atoms with van der Waals surface area (Å²) in [6.45, 7) is 6.67. The first kappa shape index (κ1) is 14.9. The van der Waals surface area contributed by atoms with Gasteiger partial charge in [0.05, 0.1) is 0 Å². The van der Waals surface area contributed by atoms with Gasteiger partial charge in [-0.3, -0.25) is 0 Å². The summed E-state index contributed by atoms with van der Waals surface area (Å²) in [5, 5.41) is 0.706. The predicted octanol–water partition coefficient (Wildman–Crippen LogP) is 3.01. The highest BCUT2D eigenvalue weighted by atomic mass is 32.2. The second-order valence-electron chi connectivity index (χ2n) is 6.01. The maximum Gasteiger partial charge on any atom is 0.0263 e. The van der Waals surface area contributed by atoms with Crippen LogP contribution in [0.4, 0.5) is 0 Å². The van der Waals surface area contributed by atoms with Crippen molar-refractivity contribution in [2.75, 3.05) is 20.1 Å². The van der Waals surface area contributed by atoms with Gasteiger partial charge in [-0.25, -0.2) is 0 Å². The quantitative estimate of drug-likeness (QED) is 0.867. The first-order chi connectivity index (χ1) is 9.06. The number of benzene rings is 1. The van der Waals surface area contributed by atoms with Gasteiger partial charge in [-0.15, -0.1) is 11.8 Å². The van der Waals surface area contributed by atoms with Crippen molar-refractivity contribution < 1.29 is 0 Å². The molecule has 0 aliphatic carbocycles. The molecule has 19 heavy (non-hydrogen) atoms. The standard InChI is InChI=1S/C16H26N2S/c1-12(2)15(17)8-9-18(3)11-14-10-13-6-4-5-7-16(13)19-14/h4-7,12,14-15H,8-11,17H2,1-3H3. The Morgan fingerprint density at radius 2 is 2.11 bits per heavy atom. The highest BCUT2D eigenvalue weighted by Gasteiger charge is 2.22. The zero-order valence-corrected chi connectivity index (χ0v) is 13.1. The Labute approximate surface area is 121 Å². The van der Waals surface area contributed by atoms with Crippen molar-refractivity contribution in [2.45, 2.75) is 42.9 Å². The minimum atomic E-state index is 0.330. The third kappa shape index (κ3) is 4.23. The molecule has 1 aromatic carbocycles. The summed E-state index contributed by atoms with van der Waals surface area (Å²) < 4.78 is 0. The van der Waals surface area contributed by atoms with Crippen LogP contribution < -0.4 is 5.73 Å². The molecule has 2 unspecified atom stereocenters. The monoisotopic (exact) mass is 278 g/mol. The van der Waals surface area contributed by atoms with Crippen molar-refractivity contribution in [2.24, 2.45) is 11.7 Å². The highest BCUT2D eigenvalue weighted by molar-refractivity contribution is 8.00. The first-order valence-electron chi connectivity index (χ1n) is 7.25. The summed E-state index contributed by atoms with van der Waals surface area (Å²) in [6.07, 6.45) is 2.31. The summed E-state index contributed by atoms with van der Waals surface area (Å²) in [7, 11) is 2.22. The van der Waals surface area contributed by atoms with Gasteiger partial charge in [0.1, 0.15) is 0 Å². The Morgan fingerprint density at radius 1 is 1.37 bits per heavy atom. The Kier molecular flexibility index (Phi) is 5.31. The van der Waals surface area contributed by atoms with Gasteiger partial charge in [0.25, 0.3) is 0 Å². The molecule has 0 amide bonds. The lowest BCUT2D eigenvalue weighted by molar-refractivity contribution is 0.303. The summed E-state index contributed by atoms with van der Waals surface area (Å²) in [4.78, 5) is 3.91. The van der Waals surface area contributed by atoms with E-state index in [1.165, 1.54) is 16.9 Å². The summed E-state index contributed by atoms with van der Waals surface area (Å²) in [5.74, 6) is 0.582. The molecule has 2 atom stereocenters. The minimum Gasteiger partial charge on any atom is -0.327 e. The van der Waals surface area contributed by atoms with Gasteiger partial charge in [0, 0.05) is 22.7 Å². The molecular formula is C16H26N2S. The molecule has 0 radical (unpaired) electrons. The van der Waals surface area contributed by atoms with E-state index in [0.29, 0.717) is 17.2 Å². The Bertz CT molecular complexity index is 380. The molecule has 1 heterocycles. The Morgan fingerprint density at radius 3 is 2.79 bits per heavy atom. The van der Waals surface area contributed by atoms with Gasteiger partial charge in [0.15, 0.2) is 0 Å². The van der Waals surface area contributed by atoms with E-state index in [0.717, 1.165) is 19.5 Å². The van der Waals surface area contributed by atoms with Gasteiger partial charge in [0.2, 0.25) is 0 Å². The zero-order valence-electron chi connectivity index (χ0n) is 12.3. The van der Waals surface area contributed by atoms with E-state index >= 15 is 0 Å². The van der Waals surface area contributed by atoms with Crippen LogP contribution in [0.15, 0.2) is 29.2 Å². The van der Waals surface area contributed by atoms with E-state index in [-0.39, 0.29) is 0 Å². The van der Waals surface area contributed by atoms with Crippen LogP contribution in [0.25, 0.3) is 0 Å². The van der Waals surface area contributed by atoms with E-state index in [9.17, 15) is 0 Å². The molecular weight excluding hydrogens is 252 g/mol. The molecule has 2 rings (SSSR count). The molecule has 106 valence electrons. The fraction of sp³-hybridized carbons (Fsp3) is 0.625. The Hall–Kier alpha value is -0.510. The van der Waals surface area contributed by atoms with Crippen LogP contribution in [0.2, 0.25) is 0 Å². The van der Waals surface area contributed by atoms with Gasteiger partial charge in [-0.05, 0) is 44.0 Å². The van der Waals surface area contributed by atoms with Crippen molar-refractivity contribution in [1.82, 2.24) is 4.90 Å². The average Bonchev–Trinajstić information content (AvgIpc) is 2.77. The molecule has 0 saturated carbocycles. The van der Waals surface area contributed by atoms with Crippen LogP contribution in [-0.2, 0) is 6.42 Å². The SMILES string of the molecule is CC(C)C(N)CCN(C)CC1Cc2ccccc2S1. The molecule has 1 aromatic rings. The second kappa shape index (κ2) is 6.78. The molecule has 0 saturated heterocycles. The smallest absolute Gasteiger partial charge is 0.0263 e. The lowest BCUT2D eigenvalue weighted by atomic mass is 10.0. The molecule has 2 N–H and O–H groups in total. The van der Waals surface area contributed by atoms with Crippen molar-refractivity contribution in [3.05, 3.63) is 29.8 Å². The average molecular weight is 278 g/mol. The van der Waals surface area contributed by atoms with Crippen LogP contribution in [0, 0.1) is 5.92 Å². The van der Waals surface area contributed by atoms with Crippen molar-refractivity contribution >= 4 is 11.8 Å². The summed E-state index contributed by atoms with van der Waals surface area (Å²) >= 11 is 2.03. The van der Waals surface area contributed by atoms with E-state index in [1.807, 2.05) is 11.8 Å². The Balaban J connectivity index is 1.74. The van der Waals surface area contributed by atoms with Crippen LogP contribution in [0.5, 0.6) is 0 Å². The number of hydrogen-bond donors (Lipinski definition) is 1. The van der Waals surface area contributed by atoms with E-state index < -0.39 is 0 Å². The minimum absolute atomic E-state index is 0.330. The fourth-order valence-electron chi connectivity index (χ4n) is 2.50. The van der Waals surface area contributed by atoms with Crippen LogP contribution in [0.1, 0.15) is 25.8 Å². The molecule has 0 fully saturated rings. The molecule has 1 aliphatic heterocycles. The molecule has 0 spiro atoms. The third-order valence-electron chi connectivity index (χ3n) is 3.93. The number of rotatable bonds is 6.